The van der Waals surface area contributed by atoms with E-state index in [2.05, 4.69) is 0 Å². The molecule has 2 aromatic carbocycles. The van der Waals surface area contributed by atoms with Crippen molar-refractivity contribution in [2.75, 3.05) is 33.0 Å². The molecule has 0 unspecified atom stereocenters. The molecule has 2 aromatic rings. The number of aryl methyl sites for hydroxylation is 1. The first-order chi connectivity index (χ1) is 13.2. The molecule has 1 saturated heterocycles. The molecule has 0 saturated carbocycles. The number of amides is 2. The van der Waals surface area contributed by atoms with Crippen molar-refractivity contribution < 1.29 is 19.1 Å². The van der Waals surface area contributed by atoms with E-state index in [4.69, 9.17) is 9.47 Å². The van der Waals surface area contributed by atoms with Crippen LogP contribution in [-0.4, -0.2) is 54.6 Å². The Labute approximate surface area is 158 Å². The van der Waals surface area contributed by atoms with Crippen LogP contribution in [0.15, 0.2) is 48.5 Å². The van der Waals surface area contributed by atoms with Gasteiger partial charge in [-0.1, -0.05) is 24.3 Å². The summed E-state index contributed by atoms with van der Waals surface area (Å²) in [4.78, 5) is 28.7. The molecule has 6 heteroatoms. The molecule has 6 nitrogen and oxygen atoms in total. The predicted molar refractivity (Wildman–Crippen MR) is 99.8 cm³/mol. The van der Waals surface area contributed by atoms with Crippen molar-refractivity contribution >= 4 is 11.8 Å². The number of benzene rings is 2. The van der Waals surface area contributed by atoms with E-state index in [0.717, 1.165) is 17.1 Å². The van der Waals surface area contributed by atoms with Crippen LogP contribution in [0, 0.1) is 0 Å². The van der Waals surface area contributed by atoms with Crippen molar-refractivity contribution in [1.82, 2.24) is 9.80 Å². The summed E-state index contributed by atoms with van der Waals surface area (Å²) in [6.45, 7) is 2.56. The average molecular weight is 366 g/mol. The Morgan fingerprint density at radius 1 is 0.852 bits per heavy atom. The summed E-state index contributed by atoms with van der Waals surface area (Å²) in [6, 6.07) is 15.1. The zero-order valence-corrected chi connectivity index (χ0v) is 15.1. The third kappa shape index (κ3) is 3.89. The Bertz CT molecular complexity index is 829. The van der Waals surface area contributed by atoms with E-state index < -0.39 is 0 Å². The molecular formula is C21H22N2O4. The van der Waals surface area contributed by atoms with Gasteiger partial charge in [-0.2, -0.15) is 0 Å². The second-order valence-corrected chi connectivity index (χ2v) is 6.73. The number of ether oxygens (including phenoxy) is 2. The monoisotopic (exact) mass is 366 g/mol. The SMILES string of the molecule is O=C(CCc1ccc2c(c1)OCO2)N1CCN(C(=O)c2ccccc2)CC1. The summed E-state index contributed by atoms with van der Waals surface area (Å²) in [5.41, 5.74) is 1.76. The van der Waals surface area contributed by atoms with Gasteiger partial charge >= 0.3 is 0 Å². The van der Waals surface area contributed by atoms with Gasteiger partial charge in [-0.15, -0.1) is 0 Å². The third-order valence-corrected chi connectivity index (χ3v) is 5.00. The maximum absolute atomic E-state index is 12.5. The largest absolute Gasteiger partial charge is 0.454 e. The first-order valence-electron chi connectivity index (χ1n) is 9.21. The Morgan fingerprint density at radius 3 is 2.33 bits per heavy atom. The van der Waals surface area contributed by atoms with Crippen LogP contribution in [-0.2, 0) is 11.2 Å². The molecule has 0 N–H and O–H groups in total. The number of nitrogens with zero attached hydrogens (tertiary/aromatic N) is 2. The summed E-state index contributed by atoms with van der Waals surface area (Å²) in [5, 5.41) is 0. The molecule has 0 spiro atoms. The Hall–Kier alpha value is -3.02. The minimum absolute atomic E-state index is 0.0306. The van der Waals surface area contributed by atoms with E-state index in [1.165, 1.54) is 0 Å². The minimum atomic E-state index is 0.0306. The van der Waals surface area contributed by atoms with Crippen LogP contribution >= 0.6 is 0 Å². The Balaban J connectivity index is 1.27. The molecule has 2 aliphatic heterocycles. The minimum Gasteiger partial charge on any atom is -0.454 e. The molecule has 0 aliphatic carbocycles. The van der Waals surface area contributed by atoms with Crippen LogP contribution in [0.3, 0.4) is 0 Å². The fourth-order valence-electron chi connectivity index (χ4n) is 3.43. The number of hydrogen-bond donors (Lipinski definition) is 0. The van der Waals surface area contributed by atoms with Gasteiger partial charge in [-0.05, 0) is 36.2 Å². The highest BCUT2D eigenvalue weighted by molar-refractivity contribution is 5.94. The van der Waals surface area contributed by atoms with E-state index in [1.54, 1.807) is 0 Å². The molecule has 140 valence electrons. The Kier molecular flexibility index (Phi) is 4.96. The van der Waals surface area contributed by atoms with Gasteiger partial charge < -0.3 is 19.3 Å². The normalized spacial score (nSPS) is 15.7. The van der Waals surface area contributed by atoms with Crippen LogP contribution in [0.1, 0.15) is 22.3 Å². The summed E-state index contributed by atoms with van der Waals surface area (Å²) in [5.74, 6) is 1.65. The average Bonchev–Trinajstić information content (AvgIpc) is 3.20. The molecule has 0 atom stereocenters. The second kappa shape index (κ2) is 7.70. The van der Waals surface area contributed by atoms with E-state index in [0.29, 0.717) is 44.6 Å². The van der Waals surface area contributed by atoms with Crippen molar-refractivity contribution in [1.29, 1.82) is 0 Å². The van der Waals surface area contributed by atoms with Gasteiger partial charge in [0.2, 0.25) is 12.7 Å². The summed E-state index contributed by atoms with van der Waals surface area (Å²) >= 11 is 0. The quantitative estimate of drug-likeness (QED) is 0.833. The van der Waals surface area contributed by atoms with Crippen molar-refractivity contribution in [2.45, 2.75) is 12.8 Å². The highest BCUT2D eigenvalue weighted by Gasteiger charge is 2.24. The highest BCUT2D eigenvalue weighted by atomic mass is 16.7. The molecule has 1 fully saturated rings. The Morgan fingerprint density at radius 2 is 1.56 bits per heavy atom. The predicted octanol–water partition coefficient (Wildman–Crippen LogP) is 2.33. The maximum Gasteiger partial charge on any atom is 0.253 e. The van der Waals surface area contributed by atoms with E-state index in [1.807, 2.05) is 58.3 Å². The number of carbonyl (C=O) groups is 2. The van der Waals surface area contributed by atoms with E-state index >= 15 is 0 Å². The van der Waals surface area contributed by atoms with Gasteiger partial charge in [0.25, 0.3) is 5.91 Å². The zero-order chi connectivity index (χ0) is 18.6. The van der Waals surface area contributed by atoms with Crippen LogP contribution in [0.4, 0.5) is 0 Å². The lowest BCUT2D eigenvalue weighted by atomic mass is 10.1. The van der Waals surface area contributed by atoms with Crippen LogP contribution in [0.2, 0.25) is 0 Å². The molecular weight excluding hydrogens is 344 g/mol. The maximum atomic E-state index is 12.5. The van der Waals surface area contributed by atoms with E-state index in [9.17, 15) is 9.59 Å². The molecule has 0 aromatic heterocycles. The van der Waals surface area contributed by atoms with Crippen molar-refractivity contribution in [3.8, 4) is 11.5 Å². The van der Waals surface area contributed by atoms with Crippen molar-refractivity contribution in [3.05, 3.63) is 59.7 Å². The third-order valence-electron chi connectivity index (χ3n) is 5.00. The molecule has 4 rings (SSSR count). The smallest absolute Gasteiger partial charge is 0.253 e. The number of fused-ring (bicyclic) bond motifs is 1. The van der Waals surface area contributed by atoms with Gasteiger partial charge in [0.1, 0.15) is 0 Å². The molecule has 0 radical (unpaired) electrons. The van der Waals surface area contributed by atoms with Crippen LogP contribution < -0.4 is 9.47 Å². The van der Waals surface area contributed by atoms with Crippen molar-refractivity contribution in [3.63, 3.8) is 0 Å². The van der Waals surface area contributed by atoms with Crippen LogP contribution in [0.5, 0.6) is 11.5 Å². The highest BCUT2D eigenvalue weighted by Crippen LogP contribution is 2.32. The number of piperazine rings is 1. The first kappa shape index (κ1) is 17.4. The summed E-state index contributed by atoms with van der Waals surface area (Å²) in [7, 11) is 0. The zero-order valence-electron chi connectivity index (χ0n) is 15.1. The topological polar surface area (TPSA) is 59.1 Å². The fourth-order valence-corrected chi connectivity index (χ4v) is 3.43. The standard InChI is InChI=1S/C21H22N2O4/c24-20(9-7-16-6-8-18-19(14-16)27-15-26-18)22-10-12-23(13-11-22)21(25)17-4-2-1-3-5-17/h1-6,8,14H,7,9-13,15H2. The lowest BCUT2D eigenvalue weighted by Gasteiger charge is -2.35. The molecule has 2 amide bonds. The second-order valence-electron chi connectivity index (χ2n) is 6.73. The molecule has 27 heavy (non-hydrogen) atoms. The molecule has 2 aliphatic rings. The van der Waals surface area contributed by atoms with Gasteiger partial charge in [0, 0.05) is 38.2 Å². The lowest BCUT2D eigenvalue weighted by molar-refractivity contribution is -0.132. The molecule has 0 bridgehead atoms. The molecule has 2 heterocycles. The number of carbonyl (C=O) groups excluding carboxylic acids is 2. The van der Waals surface area contributed by atoms with Gasteiger partial charge in [-0.3, -0.25) is 9.59 Å². The first-order valence-corrected chi connectivity index (χ1v) is 9.21. The number of rotatable bonds is 4. The van der Waals surface area contributed by atoms with E-state index in [-0.39, 0.29) is 18.6 Å². The lowest BCUT2D eigenvalue weighted by Crippen LogP contribution is -2.50. The number of hydrogen-bond acceptors (Lipinski definition) is 4. The van der Waals surface area contributed by atoms with Crippen molar-refractivity contribution in [2.24, 2.45) is 0 Å². The van der Waals surface area contributed by atoms with Crippen LogP contribution in [0.25, 0.3) is 0 Å². The summed E-state index contributed by atoms with van der Waals surface area (Å²) in [6.07, 6.45) is 1.12. The van der Waals surface area contributed by atoms with Gasteiger partial charge in [0.15, 0.2) is 11.5 Å². The fraction of sp³-hybridized carbons (Fsp3) is 0.333. The summed E-state index contributed by atoms with van der Waals surface area (Å²) < 4.78 is 10.7. The van der Waals surface area contributed by atoms with Gasteiger partial charge in [-0.25, -0.2) is 0 Å². The van der Waals surface area contributed by atoms with Gasteiger partial charge in [0.05, 0.1) is 0 Å².